The van der Waals surface area contributed by atoms with E-state index in [1.807, 2.05) is 6.92 Å². The maximum atomic E-state index is 13.5. The van der Waals surface area contributed by atoms with Gasteiger partial charge in [0.05, 0.1) is 13.2 Å². The third-order valence-electron chi connectivity index (χ3n) is 2.88. The van der Waals surface area contributed by atoms with Gasteiger partial charge in [0.1, 0.15) is 18.2 Å². The Hall–Kier alpha value is -2.14. The fourth-order valence-corrected chi connectivity index (χ4v) is 1.85. The fraction of sp³-hybridized carbons (Fsp3) is 0.250. The van der Waals surface area contributed by atoms with Crippen molar-refractivity contribution in [2.45, 2.75) is 20.1 Å². The molecule has 0 spiro atoms. The summed E-state index contributed by atoms with van der Waals surface area (Å²) in [6, 6.07) is 8.18. The van der Waals surface area contributed by atoms with E-state index >= 15 is 0 Å². The first-order chi connectivity index (χ1) is 10.1. The highest BCUT2D eigenvalue weighted by Gasteiger charge is 2.09. The molecule has 0 saturated heterocycles. The molecule has 1 N–H and O–H groups in total. The normalized spacial score (nSPS) is 10.5. The molecule has 0 aliphatic heterocycles. The summed E-state index contributed by atoms with van der Waals surface area (Å²) in [7, 11) is 0. The van der Waals surface area contributed by atoms with Crippen LogP contribution >= 0.6 is 0 Å². The lowest BCUT2D eigenvalue weighted by molar-refractivity contribution is 0.261. The molecule has 2 rings (SSSR count). The zero-order chi connectivity index (χ0) is 15.2. The number of hydrogen-bond acceptors (Lipinski definition) is 3. The Bertz CT molecular complexity index is 614. The number of benzene rings is 2. The second-order valence-corrected chi connectivity index (χ2v) is 4.40. The van der Waals surface area contributed by atoms with Crippen molar-refractivity contribution in [3.05, 3.63) is 59.2 Å². The summed E-state index contributed by atoms with van der Waals surface area (Å²) in [5.74, 6) is -0.171. The number of aliphatic hydroxyl groups is 1. The molecule has 21 heavy (non-hydrogen) atoms. The standard InChI is InChI=1S/C16H16F2O3/c1-2-20-16-7-11(9-19)3-6-15(16)21-10-12-8-13(17)4-5-14(12)18/h3-8,19H,2,9-10H2,1H3. The van der Waals surface area contributed by atoms with Crippen LogP contribution < -0.4 is 9.47 Å². The van der Waals surface area contributed by atoms with E-state index in [2.05, 4.69) is 0 Å². The summed E-state index contributed by atoms with van der Waals surface area (Å²) in [6.45, 7) is 2.03. The molecule has 0 amide bonds. The summed E-state index contributed by atoms with van der Waals surface area (Å²) >= 11 is 0. The topological polar surface area (TPSA) is 38.7 Å². The van der Waals surface area contributed by atoms with Crippen LogP contribution in [0.1, 0.15) is 18.1 Å². The summed E-state index contributed by atoms with van der Waals surface area (Å²) in [5.41, 5.74) is 0.811. The Labute approximate surface area is 121 Å². The molecule has 0 fully saturated rings. The van der Waals surface area contributed by atoms with E-state index < -0.39 is 11.6 Å². The van der Waals surface area contributed by atoms with Gasteiger partial charge in [0.15, 0.2) is 11.5 Å². The molecular formula is C16H16F2O3. The Morgan fingerprint density at radius 3 is 2.52 bits per heavy atom. The van der Waals surface area contributed by atoms with Crippen molar-refractivity contribution >= 4 is 0 Å². The minimum absolute atomic E-state index is 0.109. The number of ether oxygens (including phenoxy) is 2. The summed E-state index contributed by atoms with van der Waals surface area (Å²) in [4.78, 5) is 0. The summed E-state index contributed by atoms with van der Waals surface area (Å²) < 4.78 is 37.5. The van der Waals surface area contributed by atoms with Crippen LogP contribution in [0.4, 0.5) is 8.78 Å². The highest BCUT2D eigenvalue weighted by molar-refractivity contribution is 5.43. The third kappa shape index (κ3) is 3.92. The van der Waals surface area contributed by atoms with E-state index in [0.717, 1.165) is 18.2 Å². The van der Waals surface area contributed by atoms with Crippen molar-refractivity contribution in [3.8, 4) is 11.5 Å². The highest BCUT2D eigenvalue weighted by atomic mass is 19.1. The molecule has 2 aromatic rings. The molecule has 2 aromatic carbocycles. The van der Waals surface area contributed by atoms with Gasteiger partial charge in [0, 0.05) is 5.56 Å². The molecule has 0 radical (unpaired) electrons. The molecule has 112 valence electrons. The van der Waals surface area contributed by atoms with E-state index in [4.69, 9.17) is 14.6 Å². The molecule has 0 heterocycles. The second-order valence-electron chi connectivity index (χ2n) is 4.40. The first-order valence-electron chi connectivity index (χ1n) is 6.57. The maximum absolute atomic E-state index is 13.5. The van der Waals surface area contributed by atoms with Gasteiger partial charge in [-0.1, -0.05) is 6.07 Å². The monoisotopic (exact) mass is 294 g/mol. The molecule has 0 unspecified atom stereocenters. The van der Waals surface area contributed by atoms with Crippen LogP contribution in [0.15, 0.2) is 36.4 Å². The van der Waals surface area contributed by atoms with E-state index in [1.165, 1.54) is 0 Å². The van der Waals surface area contributed by atoms with Crippen LogP contribution in [0.3, 0.4) is 0 Å². The molecule has 0 bridgehead atoms. The van der Waals surface area contributed by atoms with Crippen molar-refractivity contribution < 1.29 is 23.4 Å². The number of aliphatic hydroxyl groups excluding tert-OH is 1. The molecule has 3 nitrogen and oxygen atoms in total. The quantitative estimate of drug-likeness (QED) is 0.887. The molecule has 0 aliphatic rings. The van der Waals surface area contributed by atoms with Crippen LogP contribution in [0, 0.1) is 11.6 Å². The lowest BCUT2D eigenvalue weighted by atomic mass is 10.2. The number of rotatable bonds is 6. The van der Waals surface area contributed by atoms with Gasteiger partial charge in [0.25, 0.3) is 0 Å². The van der Waals surface area contributed by atoms with E-state index in [9.17, 15) is 8.78 Å². The van der Waals surface area contributed by atoms with Gasteiger partial charge in [-0.2, -0.15) is 0 Å². The maximum Gasteiger partial charge on any atom is 0.161 e. The minimum Gasteiger partial charge on any atom is -0.490 e. The predicted molar refractivity (Wildman–Crippen MR) is 74.2 cm³/mol. The average Bonchev–Trinajstić information content (AvgIpc) is 2.49. The molecule has 5 heteroatoms. The van der Waals surface area contributed by atoms with Crippen LogP contribution in [0.5, 0.6) is 11.5 Å². The van der Waals surface area contributed by atoms with Crippen LogP contribution in [-0.4, -0.2) is 11.7 Å². The Balaban J connectivity index is 2.17. The average molecular weight is 294 g/mol. The fourth-order valence-electron chi connectivity index (χ4n) is 1.85. The second kappa shape index (κ2) is 7.04. The summed E-state index contributed by atoms with van der Waals surface area (Å²) in [6.07, 6.45) is 0. The van der Waals surface area contributed by atoms with Crippen molar-refractivity contribution in [2.24, 2.45) is 0 Å². The lowest BCUT2D eigenvalue weighted by Crippen LogP contribution is -2.02. The predicted octanol–water partition coefficient (Wildman–Crippen LogP) is 3.43. The van der Waals surface area contributed by atoms with Gasteiger partial charge < -0.3 is 14.6 Å². The molecule has 0 aliphatic carbocycles. The van der Waals surface area contributed by atoms with Gasteiger partial charge in [-0.05, 0) is 42.8 Å². The largest absolute Gasteiger partial charge is 0.490 e. The molecular weight excluding hydrogens is 278 g/mol. The van der Waals surface area contributed by atoms with Gasteiger partial charge in [-0.3, -0.25) is 0 Å². The van der Waals surface area contributed by atoms with Crippen molar-refractivity contribution in [1.82, 2.24) is 0 Å². The van der Waals surface area contributed by atoms with Crippen molar-refractivity contribution in [2.75, 3.05) is 6.61 Å². The van der Waals surface area contributed by atoms with Crippen molar-refractivity contribution in [3.63, 3.8) is 0 Å². The van der Waals surface area contributed by atoms with Gasteiger partial charge in [0.2, 0.25) is 0 Å². The molecule has 0 atom stereocenters. The van der Waals surface area contributed by atoms with Crippen LogP contribution in [0.2, 0.25) is 0 Å². The molecule has 0 saturated carbocycles. The SMILES string of the molecule is CCOc1cc(CO)ccc1OCc1cc(F)ccc1F. The van der Waals surface area contributed by atoms with Gasteiger partial charge in [-0.25, -0.2) is 8.78 Å². The number of halogens is 2. The zero-order valence-electron chi connectivity index (χ0n) is 11.6. The third-order valence-corrected chi connectivity index (χ3v) is 2.88. The Morgan fingerprint density at radius 2 is 1.81 bits per heavy atom. The van der Waals surface area contributed by atoms with Gasteiger partial charge in [-0.15, -0.1) is 0 Å². The van der Waals surface area contributed by atoms with Crippen LogP contribution in [0.25, 0.3) is 0 Å². The zero-order valence-corrected chi connectivity index (χ0v) is 11.6. The summed E-state index contributed by atoms with van der Waals surface area (Å²) in [5, 5.41) is 9.11. The first-order valence-corrected chi connectivity index (χ1v) is 6.57. The first kappa shape index (κ1) is 15.3. The molecule has 0 aromatic heterocycles. The van der Waals surface area contributed by atoms with Gasteiger partial charge >= 0.3 is 0 Å². The minimum atomic E-state index is -0.527. The van der Waals surface area contributed by atoms with E-state index in [1.54, 1.807) is 18.2 Å². The lowest BCUT2D eigenvalue weighted by Gasteiger charge is -2.13. The van der Waals surface area contributed by atoms with Crippen LogP contribution in [-0.2, 0) is 13.2 Å². The smallest absolute Gasteiger partial charge is 0.161 e. The number of hydrogen-bond donors (Lipinski definition) is 1. The Morgan fingerprint density at radius 1 is 1.00 bits per heavy atom. The van der Waals surface area contributed by atoms with E-state index in [-0.39, 0.29) is 18.8 Å². The van der Waals surface area contributed by atoms with Crippen molar-refractivity contribution in [1.29, 1.82) is 0 Å². The highest BCUT2D eigenvalue weighted by Crippen LogP contribution is 2.29. The Kier molecular flexibility index (Phi) is 5.11. The van der Waals surface area contributed by atoms with E-state index in [0.29, 0.717) is 23.7 Å².